The first-order valence-electron chi connectivity index (χ1n) is 6.46. The number of amides is 1. The van der Waals surface area contributed by atoms with Crippen LogP contribution in [-0.2, 0) is 11.2 Å². The van der Waals surface area contributed by atoms with E-state index < -0.39 is 0 Å². The smallest absolute Gasteiger partial charge is 0.227 e. The van der Waals surface area contributed by atoms with Crippen LogP contribution in [0.3, 0.4) is 0 Å². The number of carbonyl (C=O) groups excluding carboxylic acids is 1. The van der Waals surface area contributed by atoms with Crippen LogP contribution < -0.4 is 5.32 Å². The van der Waals surface area contributed by atoms with Gasteiger partial charge in [0.2, 0.25) is 5.91 Å². The fraction of sp³-hybridized carbons (Fsp3) is 0.500. The number of halogens is 2. The molecule has 1 N–H and O–H groups in total. The fourth-order valence-electron chi connectivity index (χ4n) is 2.45. The highest BCUT2D eigenvalue weighted by Gasteiger charge is 2.25. The van der Waals surface area contributed by atoms with Gasteiger partial charge in [-0.05, 0) is 43.6 Å². The zero-order valence-electron chi connectivity index (χ0n) is 11.0. The van der Waals surface area contributed by atoms with Crippen molar-refractivity contribution in [3.63, 3.8) is 0 Å². The zero-order chi connectivity index (χ0) is 13.8. The summed E-state index contributed by atoms with van der Waals surface area (Å²) in [5, 5.41) is 3.85. The van der Waals surface area contributed by atoms with Gasteiger partial charge in [-0.2, -0.15) is 0 Å². The minimum Gasteiger partial charge on any atom is -0.342 e. The van der Waals surface area contributed by atoms with Gasteiger partial charge in [0.15, 0.2) is 0 Å². The molecule has 0 saturated carbocycles. The molecular formula is C14H18BrClN2O. The highest BCUT2D eigenvalue weighted by atomic mass is 79.9. The molecule has 0 spiro atoms. The van der Waals surface area contributed by atoms with E-state index in [9.17, 15) is 4.79 Å². The van der Waals surface area contributed by atoms with Crippen LogP contribution in [0.15, 0.2) is 22.7 Å². The number of hydrogen-bond acceptors (Lipinski definition) is 2. The summed E-state index contributed by atoms with van der Waals surface area (Å²) in [5.74, 6) is 0.782. The van der Waals surface area contributed by atoms with Crippen LogP contribution in [0, 0.1) is 5.92 Å². The standard InChI is InChI=1S/C14H18BrClN2O/c1-17-8-10-4-5-18(9-10)14(19)6-11-2-3-12(16)7-13(11)15/h2-3,7,10,17H,4-6,8-9H2,1H3/t10-/m0/s1. The molecular weight excluding hydrogens is 328 g/mol. The molecule has 1 amide bonds. The SMILES string of the molecule is CNC[C@@H]1CCN(C(=O)Cc2ccc(Cl)cc2Br)C1. The lowest BCUT2D eigenvalue weighted by Gasteiger charge is -2.17. The number of nitrogens with one attached hydrogen (secondary N) is 1. The van der Waals surface area contributed by atoms with Crippen molar-refractivity contribution in [3.05, 3.63) is 33.3 Å². The third-order valence-electron chi connectivity index (χ3n) is 3.49. The third kappa shape index (κ3) is 3.94. The van der Waals surface area contributed by atoms with Crippen LogP contribution in [0.5, 0.6) is 0 Å². The van der Waals surface area contributed by atoms with Gasteiger partial charge < -0.3 is 10.2 Å². The number of nitrogens with zero attached hydrogens (tertiary/aromatic N) is 1. The van der Waals surface area contributed by atoms with Gasteiger partial charge in [-0.25, -0.2) is 0 Å². The fourth-order valence-corrected chi connectivity index (χ4v) is 3.28. The average Bonchev–Trinajstić information content (AvgIpc) is 2.82. The van der Waals surface area contributed by atoms with Gasteiger partial charge in [-0.15, -0.1) is 0 Å². The van der Waals surface area contributed by atoms with Gasteiger partial charge in [0, 0.05) is 22.6 Å². The Morgan fingerprint density at radius 2 is 2.37 bits per heavy atom. The van der Waals surface area contributed by atoms with Crippen LogP contribution in [0.25, 0.3) is 0 Å². The number of carbonyl (C=O) groups is 1. The van der Waals surface area contributed by atoms with Crippen LogP contribution >= 0.6 is 27.5 Å². The molecule has 104 valence electrons. The summed E-state index contributed by atoms with van der Waals surface area (Å²) in [6.07, 6.45) is 1.53. The van der Waals surface area contributed by atoms with Gasteiger partial charge in [-0.1, -0.05) is 33.6 Å². The second kappa shape index (κ2) is 6.73. The molecule has 5 heteroatoms. The van der Waals surface area contributed by atoms with Crippen LogP contribution in [-0.4, -0.2) is 37.5 Å². The Bertz CT molecular complexity index is 467. The van der Waals surface area contributed by atoms with Gasteiger partial charge in [0.25, 0.3) is 0 Å². The van der Waals surface area contributed by atoms with Crippen molar-refractivity contribution in [2.75, 3.05) is 26.7 Å². The second-order valence-corrected chi connectivity index (χ2v) is 6.26. The van der Waals surface area contributed by atoms with Crippen molar-refractivity contribution in [1.29, 1.82) is 0 Å². The van der Waals surface area contributed by atoms with E-state index in [1.54, 1.807) is 0 Å². The zero-order valence-corrected chi connectivity index (χ0v) is 13.3. The molecule has 0 bridgehead atoms. The maximum absolute atomic E-state index is 12.3. The summed E-state index contributed by atoms with van der Waals surface area (Å²) >= 11 is 9.36. The van der Waals surface area contributed by atoms with Crippen molar-refractivity contribution < 1.29 is 4.79 Å². The first-order valence-corrected chi connectivity index (χ1v) is 7.63. The molecule has 1 heterocycles. The Kier molecular flexibility index (Phi) is 5.25. The van der Waals surface area contributed by atoms with Crippen molar-refractivity contribution in [1.82, 2.24) is 10.2 Å². The lowest BCUT2D eigenvalue weighted by Crippen LogP contribution is -2.31. The molecule has 0 aliphatic carbocycles. The molecule has 1 saturated heterocycles. The lowest BCUT2D eigenvalue weighted by molar-refractivity contribution is -0.129. The molecule has 1 aliphatic heterocycles. The van der Waals surface area contributed by atoms with E-state index in [-0.39, 0.29) is 5.91 Å². The number of hydrogen-bond donors (Lipinski definition) is 1. The summed E-state index contributed by atoms with van der Waals surface area (Å²) in [7, 11) is 1.95. The minimum atomic E-state index is 0.196. The van der Waals surface area contributed by atoms with E-state index in [0.717, 1.165) is 36.1 Å². The summed E-state index contributed by atoms with van der Waals surface area (Å²) in [6, 6.07) is 5.56. The largest absolute Gasteiger partial charge is 0.342 e. The lowest BCUT2D eigenvalue weighted by atomic mass is 10.1. The number of likely N-dealkylation sites (tertiary alicyclic amines) is 1. The van der Waals surface area contributed by atoms with Crippen molar-refractivity contribution in [3.8, 4) is 0 Å². The molecule has 1 aliphatic rings. The quantitative estimate of drug-likeness (QED) is 0.910. The third-order valence-corrected chi connectivity index (χ3v) is 4.46. The Morgan fingerprint density at radius 1 is 1.58 bits per heavy atom. The topological polar surface area (TPSA) is 32.3 Å². The maximum Gasteiger partial charge on any atom is 0.227 e. The molecule has 1 aromatic rings. The molecule has 2 rings (SSSR count). The molecule has 3 nitrogen and oxygen atoms in total. The van der Waals surface area contributed by atoms with Gasteiger partial charge in [0.05, 0.1) is 6.42 Å². The van der Waals surface area contributed by atoms with E-state index in [1.165, 1.54) is 0 Å². The summed E-state index contributed by atoms with van der Waals surface area (Å²) < 4.78 is 0.902. The highest BCUT2D eigenvalue weighted by molar-refractivity contribution is 9.10. The van der Waals surface area contributed by atoms with Crippen molar-refractivity contribution >= 4 is 33.4 Å². The molecule has 1 aromatic carbocycles. The van der Waals surface area contributed by atoms with E-state index in [1.807, 2.05) is 30.1 Å². The van der Waals surface area contributed by atoms with E-state index in [0.29, 0.717) is 17.4 Å². The van der Waals surface area contributed by atoms with E-state index in [2.05, 4.69) is 21.2 Å². The predicted molar refractivity (Wildman–Crippen MR) is 81.5 cm³/mol. The predicted octanol–water partition coefficient (Wildman–Crippen LogP) is 2.71. The molecule has 1 atom stereocenters. The highest BCUT2D eigenvalue weighted by Crippen LogP contribution is 2.23. The molecule has 0 aromatic heterocycles. The Balaban J connectivity index is 1.94. The van der Waals surface area contributed by atoms with Crippen molar-refractivity contribution in [2.24, 2.45) is 5.92 Å². The molecule has 0 unspecified atom stereocenters. The van der Waals surface area contributed by atoms with E-state index in [4.69, 9.17) is 11.6 Å². The summed E-state index contributed by atoms with van der Waals surface area (Å²) in [6.45, 7) is 2.72. The van der Waals surface area contributed by atoms with Gasteiger partial charge in [0.1, 0.15) is 0 Å². The monoisotopic (exact) mass is 344 g/mol. The first-order chi connectivity index (χ1) is 9.10. The molecule has 19 heavy (non-hydrogen) atoms. The minimum absolute atomic E-state index is 0.196. The molecule has 0 radical (unpaired) electrons. The normalized spacial score (nSPS) is 18.9. The van der Waals surface area contributed by atoms with Crippen LogP contribution in [0.2, 0.25) is 5.02 Å². The van der Waals surface area contributed by atoms with Gasteiger partial charge in [-0.3, -0.25) is 4.79 Å². The Labute approximate surface area is 127 Å². The van der Waals surface area contributed by atoms with Crippen molar-refractivity contribution in [2.45, 2.75) is 12.8 Å². The van der Waals surface area contributed by atoms with Gasteiger partial charge >= 0.3 is 0 Å². The van der Waals surface area contributed by atoms with Crippen LogP contribution in [0.4, 0.5) is 0 Å². The average molecular weight is 346 g/mol. The Hall–Kier alpha value is -0.580. The van der Waals surface area contributed by atoms with Crippen LogP contribution in [0.1, 0.15) is 12.0 Å². The maximum atomic E-state index is 12.3. The second-order valence-electron chi connectivity index (χ2n) is 4.96. The summed E-state index contributed by atoms with van der Waals surface area (Å²) in [5.41, 5.74) is 0.992. The van der Waals surface area contributed by atoms with E-state index >= 15 is 0 Å². The molecule has 1 fully saturated rings. The number of benzene rings is 1. The Morgan fingerprint density at radius 3 is 3.05 bits per heavy atom. The number of rotatable bonds is 4. The first kappa shape index (κ1) is 14.8. The summed E-state index contributed by atoms with van der Waals surface area (Å²) in [4.78, 5) is 14.2.